The summed E-state index contributed by atoms with van der Waals surface area (Å²) in [6.07, 6.45) is 2.26. The third kappa shape index (κ3) is 4.33. The van der Waals surface area contributed by atoms with Crippen LogP contribution in [-0.2, 0) is 9.53 Å². The Morgan fingerprint density at radius 1 is 1.26 bits per heavy atom. The summed E-state index contributed by atoms with van der Waals surface area (Å²) in [7, 11) is 1.38. The molecule has 0 spiro atoms. The molecule has 146 valence electrons. The molecule has 6 heteroatoms. The summed E-state index contributed by atoms with van der Waals surface area (Å²) in [5.74, 6) is 0.314. The van der Waals surface area contributed by atoms with E-state index in [1.54, 1.807) is 0 Å². The van der Waals surface area contributed by atoms with Gasteiger partial charge in [-0.25, -0.2) is 9.59 Å². The molecule has 0 saturated carbocycles. The van der Waals surface area contributed by atoms with Crippen molar-refractivity contribution in [3.05, 3.63) is 46.2 Å². The van der Waals surface area contributed by atoms with E-state index in [2.05, 4.69) is 28.5 Å². The molecule has 2 heterocycles. The minimum absolute atomic E-state index is 0.284. The van der Waals surface area contributed by atoms with Crippen LogP contribution in [0.1, 0.15) is 42.5 Å². The Kier molecular flexibility index (Phi) is 5.85. The number of carbonyl (C=O) groups excluding carboxylic acids is 2. The molecule has 6 nitrogen and oxygen atoms in total. The van der Waals surface area contributed by atoms with Crippen molar-refractivity contribution < 1.29 is 14.3 Å². The molecule has 3 rings (SSSR count). The van der Waals surface area contributed by atoms with Gasteiger partial charge >= 0.3 is 12.0 Å². The molecule has 0 radical (unpaired) electrons. The number of aryl methyl sites for hydroxylation is 2. The van der Waals surface area contributed by atoms with Gasteiger partial charge in [0.2, 0.25) is 0 Å². The Labute approximate surface area is 161 Å². The number of benzene rings is 1. The second-order valence-corrected chi connectivity index (χ2v) is 7.73. The number of methoxy groups -OCH3 is 1. The molecular weight excluding hydrogens is 342 g/mol. The highest BCUT2D eigenvalue weighted by molar-refractivity contribution is 5.95. The lowest BCUT2D eigenvalue weighted by Gasteiger charge is -2.35. The van der Waals surface area contributed by atoms with Crippen molar-refractivity contribution in [1.82, 2.24) is 15.5 Å². The first-order valence-electron chi connectivity index (χ1n) is 9.57. The molecule has 0 aromatic heterocycles. The van der Waals surface area contributed by atoms with Gasteiger partial charge in [0.25, 0.3) is 0 Å². The minimum Gasteiger partial charge on any atom is -0.466 e. The summed E-state index contributed by atoms with van der Waals surface area (Å²) in [6, 6.07) is 5.24. The van der Waals surface area contributed by atoms with E-state index < -0.39 is 12.0 Å². The lowest BCUT2D eigenvalue weighted by Crippen LogP contribution is -2.49. The standard InChI is InChI=1S/C21H29N3O3/c1-13-7-9-24(10-8-13)12-17-18(20(25)27-4)19(23-21(26)22-17)16-6-5-14(2)11-15(16)3/h5-6,11,13,19H,7-10,12H2,1-4H3,(H2,22,23,26)/t19-/m0/s1. The van der Waals surface area contributed by atoms with Crippen molar-refractivity contribution in [2.75, 3.05) is 26.7 Å². The number of esters is 1. The van der Waals surface area contributed by atoms with Crippen molar-refractivity contribution >= 4 is 12.0 Å². The molecule has 1 fully saturated rings. The number of piperidine rings is 1. The highest BCUT2D eigenvalue weighted by atomic mass is 16.5. The number of hydrogen-bond donors (Lipinski definition) is 2. The highest BCUT2D eigenvalue weighted by Gasteiger charge is 2.35. The Balaban J connectivity index is 1.98. The van der Waals surface area contributed by atoms with Crippen molar-refractivity contribution in [1.29, 1.82) is 0 Å². The summed E-state index contributed by atoms with van der Waals surface area (Å²) in [4.78, 5) is 27.3. The first kappa shape index (κ1) is 19.4. The van der Waals surface area contributed by atoms with E-state index in [0.717, 1.165) is 48.5 Å². The number of carbonyl (C=O) groups is 2. The molecule has 1 aromatic rings. The third-order valence-electron chi connectivity index (χ3n) is 5.55. The lowest BCUT2D eigenvalue weighted by atomic mass is 9.91. The average molecular weight is 371 g/mol. The van der Waals surface area contributed by atoms with E-state index in [4.69, 9.17) is 4.74 Å². The predicted octanol–water partition coefficient (Wildman–Crippen LogP) is 2.82. The molecule has 1 aromatic carbocycles. The third-order valence-corrected chi connectivity index (χ3v) is 5.55. The zero-order valence-corrected chi connectivity index (χ0v) is 16.6. The molecule has 0 aliphatic carbocycles. The average Bonchev–Trinajstić information content (AvgIpc) is 2.62. The highest BCUT2D eigenvalue weighted by Crippen LogP contribution is 2.31. The van der Waals surface area contributed by atoms with Crippen LogP contribution >= 0.6 is 0 Å². The smallest absolute Gasteiger partial charge is 0.338 e. The molecule has 2 aliphatic rings. The number of nitrogens with one attached hydrogen (secondary N) is 2. The van der Waals surface area contributed by atoms with Crippen LogP contribution in [0.15, 0.2) is 29.5 Å². The van der Waals surface area contributed by atoms with E-state index in [-0.39, 0.29) is 6.03 Å². The Hall–Kier alpha value is -2.34. The number of hydrogen-bond acceptors (Lipinski definition) is 4. The summed E-state index contributed by atoms with van der Waals surface area (Å²) < 4.78 is 5.07. The Morgan fingerprint density at radius 3 is 2.59 bits per heavy atom. The van der Waals surface area contributed by atoms with Crippen LogP contribution < -0.4 is 10.6 Å². The van der Waals surface area contributed by atoms with Gasteiger partial charge in [-0.05, 0) is 56.8 Å². The topological polar surface area (TPSA) is 70.7 Å². The number of rotatable bonds is 4. The zero-order valence-electron chi connectivity index (χ0n) is 16.6. The summed E-state index contributed by atoms with van der Waals surface area (Å²) in [5, 5.41) is 5.76. The zero-order chi connectivity index (χ0) is 19.6. The second-order valence-electron chi connectivity index (χ2n) is 7.73. The minimum atomic E-state index is -0.509. The molecule has 2 amide bonds. The maximum absolute atomic E-state index is 12.6. The van der Waals surface area contributed by atoms with E-state index in [9.17, 15) is 9.59 Å². The fraction of sp³-hybridized carbons (Fsp3) is 0.524. The molecule has 27 heavy (non-hydrogen) atoms. The fourth-order valence-electron chi connectivity index (χ4n) is 3.92. The predicted molar refractivity (Wildman–Crippen MR) is 104 cm³/mol. The number of nitrogens with zero attached hydrogens (tertiary/aromatic N) is 1. The molecular formula is C21H29N3O3. The normalized spacial score (nSPS) is 21.6. The fourth-order valence-corrected chi connectivity index (χ4v) is 3.92. The van der Waals surface area contributed by atoms with Gasteiger partial charge in [-0.2, -0.15) is 0 Å². The Morgan fingerprint density at radius 2 is 1.96 bits per heavy atom. The van der Waals surface area contributed by atoms with Crippen LogP contribution in [-0.4, -0.2) is 43.6 Å². The van der Waals surface area contributed by atoms with Crippen molar-refractivity contribution in [3.63, 3.8) is 0 Å². The van der Waals surface area contributed by atoms with Crippen LogP contribution in [0.4, 0.5) is 4.79 Å². The van der Waals surface area contributed by atoms with Gasteiger partial charge in [0.1, 0.15) is 0 Å². The molecule has 2 aliphatic heterocycles. The maximum Gasteiger partial charge on any atom is 0.338 e. The summed E-state index contributed by atoms with van der Waals surface area (Å²) >= 11 is 0. The largest absolute Gasteiger partial charge is 0.466 e. The summed E-state index contributed by atoms with van der Waals surface area (Å²) in [6.45, 7) is 8.77. The van der Waals surface area contributed by atoms with Crippen LogP contribution in [0, 0.1) is 19.8 Å². The van der Waals surface area contributed by atoms with Crippen molar-refractivity contribution in [2.45, 2.75) is 39.7 Å². The molecule has 0 unspecified atom stereocenters. The van der Waals surface area contributed by atoms with Gasteiger partial charge in [0, 0.05) is 12.2 Å². The van der Waals surface area contributed by atoms with Crippen LogP contribution in [0.25, 0.3) is 0 Å². The van der Waals surface area contributed by atoms with Gasteiger partial charge < -0.3 is 15.4 Å². The van der Waals surface area contributed by atoms with Gasteiger partial charge in [-0.1, -0.05) is 30.7 Å². The molecule has 1 saturated heterocycles. The first-order valence-corrected chi connectivity index (χ1v) is 9.57. The number of ether oxygens (including phenoxy) is 1. The quantitative estimate of drug-likeness (QED) is 0.799. The first-order chi connectivity index (χ1) is 12.9. The molecule has 1 atom stereocenters. The Bertz CT molecular complexity index is 764. The van der Waals surface area contributed by atoms with E-state index in [1.807, 2.05) is 26.0 Å². The number of likely N-dealkylation sites (tertiary alicyclic amines) is 1. The monoisotopic (exact) mass is 371 g/mol. The van der Waals surface area contributed by atoms with Crippen molar-refractivity contribution in [3.8, 4) is 0 Å². The second kappa shape index (κ2) is 8.13. The van der Waals surface area contributed by atoms with Crippen LogP contribution in [0.2, 0.25) is 0 Å². The lowest BCUT2D eigenvalue weighted by molar-refractivity contribution is -0.136. The van der Waals surface area contributed by atoms with Crippen molar-refractivity contribution in [2.24, 2.45) is 5.92 Å². The van der Waals surface area contributed by atoms with E-state index >= 15 is 0 Å². The molecule has 0 bridgehead atoms. The van der Waals surface area contributed by atoms with E-state index in [0.29, 0.717) is 17.8 Å². The van der Waals surface area contributed by atoms with Gasteiger partial charge in [-0.3, -0.25) is 4.90 Å². The van der Waals surface area contributed by atoms with Gasteiger partial charge in [0.15, 0.2) is 0 Å². The van der Waals surface area contributed by atoms with Crippen LogP contribution in [0.3, 0.4) is 0 Å². The SMILES string of the molecule is COC(=O)C1=C(CN2CCC(C)CC2)NC(=O)N[C@H]1c1ccc(C)cc1C. The van der Waals surface area contributed by atoms with E-state index in [1.165, 1.54) is 7.11 Å². The van der Waals surface area contributed by atoms with Crippen LogP contribution in [0.5, 0.6) is 0 Å². The van der Waals surface area contributed by atoms with Gasteiger partial charge in [0.05, 0.1) is 18.7 Å². The molecule has 2 N–H and O–H groups in total. The number of amides is 2. The number of urea groups is 1. The van der Waals surface area contributed by atoms with Gasteiger partial charge in [-0.15, -0.1) is 0 Å². The summed E-state index contributed by atoms with van der Waals surface area (Å²) in [5.41, 5.74) is 4.23. The maximum atomic E-state index is 12.6.